The normalized spacial score (nSPS) is 15.3. The predicted molar refractivity (Wildman–Crippen MR) is 118 cm³/mol. The highest BCUT2D eigenvalue weighted by Gasteiger charge is 2.37. The standard InChI is InChI=1S/C23H20N2O6S/c1-30-23(27)16-11-13-17(14-12-16)24-22(26)21-15-25(19-9-5-6-10-20(19)31-21)32(28,29)18-7-3-2-4-8-18/h2-14,21H,15H2,1H3,(H,24,26). The summed E-state index contributed by atoms with van der Waals surface area (Å²) in [6, 6.07) is 20.8. The molecule has 8 nitrogen and oxygen atoms in total. The minimum absolute atomic E-state index is 0.120. The zero-order valence-electron chi connectivity index (χ0n) is 17.1. The van der Waals surface area contributed by atoms with Crippen molar-refractivity contribution in [1.29, 1.82) is 0 Å². The number of sulfonamides is 1. The lowest BCUT2D eigenvalue weighted by atomic mass is 10.2. The molecule has 1 aliphatic rings. The van der Waals surface area contributed by atoms with Crippen molar-refractivity contribution in [3.8, 4) is 5.75 Å². The number of hydrogen-bond donors (Lipinski definition) is 1. The molecule has 0 spiro atoms. The average molecular weight is 452 g/mol. The van der Waals surface area contributed by atoms with Gasteiger partial charge in [0, 0.05) is 5.69 Å². The number of hydrogen-bond acceptors (Lipinski definition) is 6. The molecule has 1 unspecified atom stereocenters. The quantitative estimate of drug-likeness (QED) is 0.597. The highest BCUT2D eigenvalue weighted by atomic mass is 32.2. The van der Waals surface area contributed by atoms with Crippen LogP contribution >= 0.6 is 0 Å². The van der Waals surface area contributed by atoms with Gasteiger partial charge in [0.1, 0.15) is 5.75 Å². The van der Waals surface area contributed by atoms with E-state index in [4.69, 9.17) is 4.74 Å². The summed E-state index contributed by atoms with van der Waals surface area (Å²) in [5.74, 6) is -0.713. The number of nitrogens with one attached hydrogen (secondary N) is 1. The van der Waals surface area contributed by atoms with Crippen LogP contribution < -0.4 is 14.4 Å². The number of nitrogens with zero attached hydrogens (tertiary/aromatic N) is 1. The van der Waals surface area contributed by atoms with Gasteiger partial charge in [0.25, 0.3) is 15.9 Å². The van der Waals surface area contributed by atoms with E-state index in [-0.39, 0.29) is 11.4 Å². The molecule has 1 heterocycles. The monoisotopic (exact) mass is 452 g/mol. The van der Waals surface area contributed by atoms with Crippen molar-refractivity contribution in [1.82, 2.24) is 0 Å². The number of benzene rings is 3. The van der Waals surface area contributed by atoms with Crippen LogP contribution in [-0.4, -0.2) is 40.1 Å². The van der Waals surface area contributed by atoms with Crippen LogP contribution in [0.5, 0.6) is 5.75 Å². The molecule has 32 heavy (non-hydrogen) atoms. The van der Waals surface area contributed by atoms with Gasteiger partial charge in [-0.2, -0.15) is 0 Å². The van der Waals surface area contributed by atoms with Crippen LogP contribution in [0.25, 0.3) is 0 Å². The molecule has 0 radical (unpaired) electrons. The van der Waals surface area contributed by atoms with Gasteiger partial charge in [0.15, 0.2) is 6.10 Å². The largest absolute Gasteiger partial charge is 0.476 e. The van der Waals surface area contributed by atoms with Gasteiger partial charge in [-0.1, -0.05) is 30.3 Å². The molecule has 1 atom stereocenters. The average Bonchev–Trinajstić information content (AvgIpc) is 2.83. The third-order valence-electron chi connectivity index (χ3n) is 4.93. The highest BCUT2D eigenvalue weighted by Crippen LogP contribution is 2.36. The molecular weight excluding hydrogens is 432 g/mol. The number of amides is 1. The van der Waals surface area contributed by atoms with Crippen LogP contribution in [0.1, 0.15) is 10.4 Å². The molecule has 0 bridgehead atoms. The summed E-state index contributed by atoms with van der Waals surface area (Å²) < 4.78 is 38.3. The number of methoxy groups -OCH3 is 1. The van der Waals surface area contributed by atoms with Crippen LogP contribution in [0.2, 0.25) is 0 Å². The number of rotatable bonds is 5. The van der Waals surface area contributed by atoms with Crippen LogP contribution in [0.4, 0.5) is 11.4 Å². The highest BCUT2D eigenvalue weighted by molar-refractivity contribution is 7.92. The van der Waals surface area contributed by atoms with E-state index in [1.54, 1.807) is 54.6 Å². The van der Waals surface area contributed by atoms with E-state index >= 15 is 0 Å². The molecule has 0 saturated heterocycles. The maximum absolute atomic E-state index is 13.3. The Labute approximate surface area is 185 Å². The van der Waals surface area contributed by atoms with Crippen molar-refractivity contribution in [3.63, 3.8) is 0 Å². The van der Waals surface area contributed by atoms with E-state index in [0.717, 1.165) is 0 Å². The molecule has 0 aliphatic carbocycles. The minimum atomic E-state index is -3.91. The number of anilines is 2. The Kier molecular flexibility index (Phi) is 5.83. The lowest BCUT2D eigenvalue weighted by Gasteiger charge is -2.34. The molecule has 4 rings (SSSR count). The topological polar surface area (TPSA) is 102 Å². The smallest absolute Gasteiger partial charge is 0.337 e. The van der Waals surface area contributed by atoms with Gasteiger partial charge >= 0.3 is 5.97 Å². The van der Waals surface area contributed by atoms with E-state index in [1.165, 1.54) is 35.7 Å². The summed E-state index contributed by atoms with van der Waals surface area (Å²) in [4.78, 5) is 24.6. The molecule has 9 heteroatoms. The van der Waals surface area contributed by atoms with Gasteiger partial charge < -0.3 is 14.8 Å². The number of carbonyl (C=O) groups excluding carboxylic acids is 2. The summed E-state index contributed by atoms with van der Waals surface area (Å²) in [5, 5.41) is 2.70. The molecule has 1 amide bonds. The first-order chi connectivity index (χ1) is 15.4. The number of para-hydroxylation sites is 2. The summed E-state index contributed by atoms with van der Waals surface area (Å²) >= 11 is 0. The zero-order chi connectivity index (χ0) is 22.7. The predicted octanol–water partition coefficient (Wildman–Crippen LogP) is 3.07. The van der Waals surface area contributed by atoms with E-state index in [2.05, 4.69) is 10.1 Å². The minimum Gasteiger partial charge on any atom is -0.476 e. The van der Waals surface area contributed by atoms with Crippen molar-refractivity contribution >= 4 is 33.3 Å². The molecule has 3 aromatic rings. The summed E-state index contributed by atoms with van der Waals surface area (Å²) in [7, 11) is -2.63. The fourth-order valence-electron chi connectivity index (χ4n) is 3.32. The Balaban J connectivity index is 1.59. The molecule has 0 fully saturated rings. The van der Waals surface area contributed by atoms with E-state index in [1.807, 2.05) is 0 Å². The molecule has 1 N–H and O–H groups in total. The lowest BCUT2D eigenvalue weighted by Crippen LogP contribution is -2.48. The summed E-state index contributed by atoms with van der Waals surface area (Å²) in [6.45, 7) is -0.194. The first-order valence-corrected chi connectivity index (χ1v) is 11.2. The van der Waals surface area contributed by atoms with Crippen molar-refractivity contribution in [3.05, 3.63) is 84.4 Å². The van der Waals surface area contributed by atoms with Gasteiger partial charge in [0.2, 0.25) is 0 Å². The first-order valence-electron chi connectivity index (χ1n) is 9.73. The Bertz CT molecular complexity index is 1240. The third-order valence-corrected chi connectivity index (χ3v) is 6.73. The maximum Gasteiger partial charge on any atom is 0.337 e. The molecule has 164 valence electrons. The molecular formula is C23H20N2O6S. The summed E-state index contributed by atoms with van der Waals surface area (Å²) in [5.41, 5.74) is 1.14. The van der Waals surface area contributed by atoms with Crippen LogP contribution in [0, 0.1) is 0 Å². The van der Waals surface area contributed by atoms with Gasteiger partial charge in [0.05, 0.1) is 29.8 Å². The third kappa shape index (κ3) is 4.15. The van der Waals surface area contributed by atoms with Crippen LogP contribution in [0.3, 0.4) is 0 Å². The van der Waals surface area contributed by atoms with Gasteiger partial charge in [-0.05, 0) is 48.5 Å². The maximum atomic E-state index is 13.3. The number of esters is 1. The van der Waals surface area contributed by atoms with Gasteiger partial charge in [-0.25, -0.2) is 13.2 Å². The Morgan fingerprint density at radius 3 is 2.31 bits per heavy atom. The van der Waals surface area contributed by atoms with Crippen molar-refractivity contribution in [2.75, 3.05) is 23.3 Å². The number of carbonyl (C=O) groups is 2. The van der Waals surface area contributed by atoms with Crippen molar-refractivity contribution in [2.24, 2.45) is 0 Å². The SMILES string of the molecule is COC(=O)c1ccc(NC(=O)C2CN(S(=O)(=O)c3ccccc3)c3ccccc3O2)cc1. The molecule has 3 aromatic carbocycles. The number of fused-ring (bicyclic) bond motifs is 1. The first kappa shape index (κ1) is 21.4. The zero-order valence-corrected chi connectivity index (χ0v) is 17.9. The second kappa shape index (κ2) is 8.72. The second-order valence-electron chi connectivity index (χ2n) is 6.98. The van der Waals surface area contributed by atoms with Gasteiger partial charge in [-0.15, -0.1) is 0 Å². The van der Waals surface area contributed by atoms with Crippen LogP contribution in [-0.2, 0) is 19.6 Å². The molecule has 1 aliphatic heterocycles. The van der Waals surface area contributed by atoms with E-state index in [9.17, 15) is 18.0 Å². The Morgan fingerprint density at radius 1 is 0.969 bits per heavy atom. The Hall–Kier alpha value is -3.85. The number of ether oxygens (including phenoxy) is 2. The lowest BCUT2D eigenvalue weighted by molar-refractivity contribution is -0.122. The van der Waals surface area contributed by atoms with E-state index < -0.39 is 28.0 Å². The van der Waals surface area contributed by atoms with E-state index in [0.29, 0.717) is 22.7 Å². The molecule has 0 aromatic heterocycles. The molecule has 0 saturated carbocycles. The second-order valence-corrected chi connectivity index (χ2v) is 8.84. The fourth-order valence-corrected chi connectivity index (χ4v) is 4.81. The van der Waals surface area contributed by atoms with Gasteiger partial charge in [-0.3, -0.25) is 9.10 Å². The van der Waals surface area contributed by atoms with Crippen LogP contribution in [0.15, 0.2) is 83.8 Å². The fraction of sp³-hybridized carbons (Fsp3) is 0.130. The summed E-state index contributed by atoms with van der Waals surface area (Å²) in [6.07, 6.45) is -1.08. The van der Waals surface area contributed by atoms with Crippen molar-refractivity contribution < 1.29 is 27.5 Å². The Morgan fingerprint density at radius 2 is 1.62 bits per heavy atom. The van der Waals surface area contributed by atoms with Crippen molar-refractivity contribution in [2.45, 2.75) is 11.0 Å².